The monoisotopic (exact) mass is 418 g/mol. The van der Waals surface area contributed by atoms with Crippen molar-refractivity contribution in [1.82, 2.24) is 9.80 Å². The third-order valence-corrected chi connectivity index (χ3v) is 5.51. The Labute approximate surface area is 179 Å². The van der Waals surface area contributed by atoms with Gasteiger partial charge in [-0.1, -0.05) is 12.1 Å². The molecule has 0 aliphatic carbocycles. The summed E-state index contributed by atoms with van der Waals surface area (Å²) in [5.41, 5.74) is 0.880. The van der Waals surface area contributed by atoms with Crippen molar-refractivity contribution >= 4 is 18.0 Å². The number of aliphatic carboxylic acids is 1. The molecule has 30 heavy (non-hydrogen) atoms. The van der Waals surface area contributed by atoms with Gasteiger partial charge in [0.25, 0.3) is 5.91 Å². The Hall–Kier alpha value is -2.57. The Kier molecular flexibility index (Phi) is 7.87. The van der Waals surface area contributed by atoms with E-state index in [1.54, 1.807) is 21.9 Å². The summed E-state index contributed by atoms with van der Waals surface area (Å²) in [5.74, 6) is -1.72. The minimum Gasteiger partial charge on any atom is -0.481 e. The van der Waals surface area contributed by atoms with E-state index in [0.717, 1.165) is 5.56 Å². The molecule has 2 amide bonds. The molecule has 1 aromatic carbocycles. The van der Waals surface area contributed by atoms with Gasteiger partial charge in [-0.05, 0) is 71.1 Å². The van der Waals surface area contributed by atoms with Gasteiger partial charge in [0.15, 0.2) is 0 Å². The molecule has 2 rings (SSSR count). The lowest BCUT2D eigenvalue weighted by Gasteiger charge is -2.26. The summed E-state index contributed by atoms with van der Waals surface area (Å²) in [5, 5.41) is 9.79. The van der Waals surface area contributed by atoms with Crippen molar-refractivity contribution in [3.63, 3.8) is 0 Å². The summed E-state index contributed by atoms with van der Waals surface area (Å²) in [7, 11) is 0. The first-order chi connectivity index (χ1) is 14.1. The second kappa shape index (κ2) is 9.96. The first kappa shape index (κ1) is 23.7. The van der Waals surface area contributed by atoms with E-state index in [-0.39, 0.29) is 11.8 Å². The highest BCUT2D eigenvalue weighted by Gasteiger charge is 2.35. The first-order valence-electron chi connectivity index (χ1n) is 10.7. The van der Waals surface area contributed by atoms with Crippen LogP contribution in [0.25, 0.3) is 0 Å². The first-order valence-corrected chi connectivity index (χ1v) is 10.7. The zero-order valence-corrected chi connectivity index (χ0v) is 18.7. The maximum atomic E-state index is 12.5. The summed E-state index contributed by atoms with van der Waals surface area (Å²) in [6, 6.07) is 7.23. The Morgan fingerprint density at radius 3 is 2.13 bits per heavy atom. The fraction of sp³-hybridized carbons (Fsp3) is 0.609. The van der Waals surface area contributed by atoms with Crippen LogP contribution in [0, 0.1) is 5.92 Å². The molecular formula is C23H34N2O5. The molecule has 0 radical (unpaired) electrons. The number of amides is 2. The summed E-state index contributed by atoms with van der Waals surface area (Å²) >= 11 is 0. The Balaban J connectivity index is 2.19. The number of carbonyl (C=O) groups is 3. The number of hydrogen-bond acceptors (Lipinski definition) is 4. The van der Waals surface area contributed by atoms with E-state index in [0.29, 0.717) is 44.6 Å². The number of carboxylic acids is 1. The topological polar surface area (TPSA) is 87.2 Å². The molecule has 0 aromatic heterocycles. The summed E-state index contributed by atoms with van der Waals surface area (Å²) < 4.78 is 5.45. The van der Waals surface area contributed by atoms with E-state index in [1.807, 2.05) is 46.8 Å². The second-order valence-corrected chi connectivity index (χ2v) is 8.70. The normalized spacial score (nSPS) is 19.7. The lowest BCUT2D eigenvalue weighted by molar-refractivity contribution is -0.142. The summed E-state index contributed by atoms with van der Waals surface area (Å²) in [6.45, 7) is 11.4. The third-order valence-electron chi connectivity index (χ3n) is 5.51. The molecule has 0 saturated carbocycles. The molecule has 0 bridgehead atoms. The number of hydrogen-bond donors (Lipinski definition) is 1. The van der Waals surface area contributed by atoms with E-state index in [2.05, 4.69) is 0 Å². The van der Waals surface area contributed by atoms with Gasteiger partial charge in [-0.15, -0.1) is 0 Å². The number of benzene rings is 1. The van der Waals surface area contributed by atoms with Gasteiger partial charge in [0, 0.05) is 31.7 Å². The van der Waals surface area contributed by atoms with Crippen molar-refractivity contribution in [2.45, 2.75) is 59.0 Å². The van der Waals surface area contributed by atoms with Gasteiger partial charge in [0.2, 0.25) is 0 Å². The van der Waals surface area contributed by atoms with Crippen LogP contribution < -0.4 is 0 Å². The smallest absolute Gasteiger partial charge is 0.410 e. The summed E-state index contributed by atoms with van der Waals surface area (Å²) in [6.07, 6.45) is 0.478. The van der Waals surface area contributed by atoms with Crippen molar-refractivity contribution in [3.05, 3.63) is 35.4 Å². The zero-order chi connectivity index (χ0) is 22.5. The zero-order valence-electron chi connectivity index (χ0n) is 18.7. The fourth-order valence-corrected chi connectivity index (χ4v) is 3.87. The van der Waals surface area contributed by atoms with Gasteiger partial charge in [0.05, 0.1) is 5.92 Å². The van der Waals surface area contributed by atoms with Gasteiger partial charge in [-0.3, -0.25) is 9.59 Å². The SMILES string of the molecule is CCN(CC)C(=O)c1ccc([C@H]2CCN(C(=O)OC(C)(C)C)CC[C@@H]2C(=O)O)cc1. The van der Waals surface area contributed by atoms with Crippen LogP contribution in [0.15, 0.2) is 24.3 Å². The molecule has 1 aliphatic rings. The van der Waals surface area contributed by atoms with E-state index in [4.69, 9.17) is 4.74 Å². The van der Waals surface area contributed by atoms with Gasteiger partial charge in [0.1, 0.15) is 5.60 Å². The quantitative estimate of drug-likeness (QED) is 0.781. The lowest BCUT2D eigenvalue weighted by Crippen LogP contribution is -2.37. The molecule has 2 atom stereocenters. The largest absolute Gasteiger partial charge is 0.481 e. The number of nitrogens with zero attached hydrogens (tertiary/aromatic N) is 2. The molecule has 0 unspecified atom stereocenters. The van der Waals surface area contributed by atoms with Crippen LogP contribution in [-0.2, 0) is 9.53 Å². The van der Waals surface area contributed by atoms with Gasteiger partial charge < -0.3 is 19.6 Å². The molecule has 166 valence electrons. The maximum Gasteiger partial charge on any atom is 0.410 e. The number of carboxylic acid groups (broad SMARTS) is 1. The van der Waals surface area contributed by atoms with Crippen molar-refractivity contribution < 1.29 is 24.2 Å². The van der Waals surface area contributed by atoms with Gasteiger partial charge in [-0.2, -0.15) is 0 Å². The maximum absolute atomic E-state index is 12.5. The van der Waals surface area contributed by atoms with Crippen LogP contribution in [0.5, 0.6) is 0 Å². The lowest BCUT2D eigenvalue weighted by atomic mass is 9.82. The van der Waals surface area contributed by atoms with Crippen LogP contribution in [0.2, 0.25) is 0 Å². The Morgan fingerprint density at radius 2 is 1.63 bits per heavy atom. The number of rotatable bonds is 5. The highest BCUT2D eigenvalue weighted by Crippen LogP contribution is 2.34. The molecular weight excluding hydrogens is 384 g/mol. The molecule has 1 aromatic rings. The summed E-state index contributed by atoms with van der Waals surface area (Å²) in [4.78, 5) is 40.3. The van der Waals surface area contributed by atoms with E-state index in [1.165, 1.54) is 0 Å². The predicted octanol–water partition coefficient (Wildman–Crippen LogP) is 3.98. The van der Waals surface area contributed by atoms with Crippen LogP contribution in [0.3, 0.4) is 0 Å². The highest BCUT2D eigenvalue weighted by atomic mass is 16.6. The number of ether oxygens (including phenoxy) is 1. The van der Waals surface area contributed by atoms with Crippen molar-refractivity contribution in [3.8, 4) is 0 Å². The molecule has 1 N–H and O–H groups in total. The Bertz CT molecular complexity index is 750. The van der Waals surface area contributed by atoms with Gasteiger partial charge >= 0.3 is 12.1 Å². The fourth-order valence-electron chi connectivity index (χ4n) is 3.87. The average molecular weight is 419 g/mol. The van der Waals surface area contributed by atoms with Crippen molar-refractivity contribution in [2.75, 3.05) is 26.2 Å². The highest BCUT2D eigenvalue weighted by molar-refractivity contribution is 5.94. The molecule has 7 heteroatoms. The molecule has 1 saturated heterocycles. The van der Waals surface area contributed by atoms with Crippen LogP contribution in [0.4, 0.5) is 4.79 Å². The average Bonchev–Trinajstić information content (AvgIpc) is 2.91. The number of likely N-dealkylation sites (tertiary alicyclic amines) is 1. The van der Waals surface area contributed by atoms with Crippen LogP contribution in [0.1, 0.15) is 69.3 Å². The van der Waals surface area contributed by atoms with Gasteiger partial charge in [-0.25, -0.2) is 4.79 Å². The minimum absolute atomic E-state index is 0.0294. The number of carbonyl (C=O) groups excluding carboxylic acids is 2. The van der Waals surface area contributed by atoms with Crippen LogP contribution >= 0.6 is 0 Å². The molecule has 7 nitrogen and oxygen atoms in total. The predicted molar refractivity (Wildman–Crippen MR) is 115 cm³/mol. The van der Waals surface area contributed by atoms with E-state index >= 15 is 0 Å². The van der Waals surface area contributed by atoms with E-state index in [9.17, 15) is 19.5 Å². The van der Waals surface area contributed by atoms with Crippen molar-refractivity contribution in [2.24, 2.45) is 5.92 Å². The van der Waals surface area contributed by atoms with Crippen LogP contribution in [-0.4, -0.2) is 64.7 Å². The Morgan fingerprint density at radius 1 is 1.07 bits per heavy atom. The van der Waals surface area contributed by atoms with E-state index < -0.39 is 23.6 Å². The molecule has 1 aliphatic heterocycles. The minimum atomic E-state index is -0.866. The molecule has 1 fully saturated rings. The third kappa shape index (κ3) is 5.97. The van der Waals surface area contributed by atoms with Crippen molar-refractivity contribution in [1.29, 1.82) is 0 Å². The molecule has 0 spiro atoms. The second-order valence-electron chi connectivity index (χ2n) is 8.70. The molecule has 1 heterocycles. The standard InChI is InChI=1S/C23H34N2O5/c1-6-24(7-2)20(26)17-10-8-16(9-11-17)18-12-14-25(15-13-19(18)21(27)28)22(29)30-23(3,4)5/h8-11,18-19H,6-7,12-15H2,1-5H3,(H,27,28)/t18-,19+/m1/s1.